The number of piperidine rings is 1. The Morgan fingerprint density at radius 1 is 1.20 bits per heavy atom. The summed E-state index contributed by atoms with van der Waals surface area (Å²) in [5.74, 6) is 2.09. The number of fused-ring (bicyclic) bond motifs is 5. The third-order valence-electron chi connectivity index (χ3n) is 6.72. The number of nitrogens with one attached hydrogen (secondary N) is 1. The van der Waals surface area contributed by atoms with Gasteiger partial charge in [-0.25, -0.2) is 4.98 Å². The number of aryl methyl sites for hydroxylation is 1. The average molecular weight is 419 g/mol. The molecule has 7 rings (SSSR count). The number of rotatable bonds is 2. The summed E-state index contributed by atoms with van der Waals surface area (Å²) in [5.41, 5.74) is 10.6. The van der Waals surface area contributed by atoms with Gasteiger partial charge in [0.2, 0.25) is 5.95 Å². The molecule has 9 heteroatoms. The Hall–Kier alpha value is -3.10. The highest BCUT2D eigenvalue weighted by atomic mass is 35.5. The molecule has 3 N–H and O–H groups in total. The molecule has 2 unspecified atom stereocenters. The van der Waals surface area contributed by atoms with Crippen LogP contribution in [0.2, 0.25) is 5.02 Å². The Morgan fingerprint density at radius 3 is 2.87 bits per heavy atom. The largest absolute Gasteiger partial charge is 0.345 e. The van der Waals surface area contributed by atoms with Crippen LogP contribution in [0.5, 0.6) is 0 Å². The van der Waals surface area contributed by atoms with Crippen molar-refractivity contribution < 1.29 is 0 Å². The first-order valence-electron chi connectivity index (χ1n) is 10.1. The van der Waals surface area contributed by atoms with Gasteiger partial charge in [-0.15, -0.1) is 0 Å². The molecule has 5 heterocycles. The minimum Gasteiger partial charge on any atom is -0.345 e. The minimum atomic E-state index is 0.352. The summed E-state index contributed by atoms with van der Waals surface area (Å²) in [7, 11) is 1.90. The summed E-state index contributed by atoms with van der Waals surface area (Å²) >= 11 is 6.81. The van der Waals surface area contributed by atoms with E-state index in [-0.39, 0.29) is 0 Å². The lowest BCUT2D eigenvalue weighted by Crippen LogP contribution is -2.30. The highest BCUT2D eigenvalue weighted by Gasteiger charge is 2.54. The lowest BCUT2D eigenvalue weighted by atomic mass is 10.0. The number of aromatic amines is 1. The Kier molecular flexibility index (Phi) is 3.07. The van der Waals surface area contributed by atoms with Gasteiger partial charge in [0, 0.05) is 67.5 Å². The van der Waals surface area contributed by atoms with Gasteiger partial charge in [-0.05, 0) is 17.9 Å². The topological polar surface area (TPSA) is 93.1 Å². The first kappa shape index (κ1) is 16.7. The van der Waals surface area contributed by atoms with Crippen LogP contribution >= 0.6 is 11.6 Å². The standard InChI is InChI=1S/C21H19ClN8/c1-28-7-14-15(27-28)3-2-10(17(14)22)11-6-25-19-16(11)20-24-4-5-30(20)21(26-19)29-8-12-13(9-29)18(12)23/h2-7,12-13,18,25H,8-9,23H2,1H3. The Labute approximate surface area is 176 Å². The number of aromatic nitrogens is 6. The van der Waals surface area contributed by atoms with E-state index in [9.17, 15) is 0 Å². The van der Waals surface area contributed by atoms with Crippen LogP contribution in [0.25, 0.3) is 38.7 Å². The van der Waals surface area contributed by atoms with Gasteiger partial charge in [-0.3, -0.25) is 9.08 Å². The number of benzene rings is 1. The predicted octanol–water partition coefficient (Wildman–Crippen LogP) is 2.81. The fourth-order valence-electron chi connectivity index (χ4n) is 5.09. The van der Waals surface area contributed by atoms with Crippen LogP contribution in [0.3, 0.4) is 0 Å². The first-order chi connectivity index (χ1) is 14.6. The highest BCUT2D eigenvalue weighted by Crippen LogP contribution is 2.45. The number of halogens is 1. The normalized spacial score (nSPS) is 23.2. The number of hydrogen-bond acceptors (Lipinski definition) is 5. The number of nitrogens with two attached hydrogens (primary N) is 1. The van der Waals surface area contributed by atoms with Crippen molar-refractivity contribution in [2.75, 3.05) is 18.0 Å². The van der Waals surface area contributed by atoms with Crippen LogP contribution in [0.15, 0.2) is 36.9 Å². The molecule has 5 aromatic rings. The summed E-state index contributed by atoms with van der Waals surface area (Å²) in [6, 6.07) is 4.37. The van der Waals surface area contributed by atoms with Crippen LogP contribution in [0, 0.1) is 11.8 Å². The maximum absolute atomic E-state index is 6.81. The lowest BCUT2D eigenvalue weighted by Gasteiger charge is -2.21. The maximum Gasteiger partial charge on any atom is 0.213 e. The molecule has 0 amide bonds. The summed E-state index contributed by atoms with van der Waals surface area (Å²) in [6.45, 7) is 1.91. The van der Waals surface area contributed by atoms with Crippen molar-refractivity contribution >= 4 is 45.1 Å². The van der Waals surface area contributed by atoms with Gasteiger partial charge in [-0.1, -0.05) is 17.7 Å². The van der Waals surface area contributed by atoms with Crippen molar-refractivity contribution in [3.8, 4) is 11.1 Å². The summed E-state index contributed by atoms with van der Waals surface area (Å²) < 4.78 is 3.86. The molecule has 30 heavy (non-hydrogen) atoms. The van der Waals surface area contributed by atoms with E-state index < -0.39 is 0 Å². The molecular weight excluding hydrogens is 400 g/mol. The molecule has 1 saturated heterocycles. The Morgan fingerprint density at radius 2 is 2.03 bits per heavy atom. The second kappa shape index (κ2) is 5.53. The van der Waals surface area contributed by atoms with E-state index in [1.807, 2.05) is 44.0 Å². The second-order valence-corrected chi connectivity index (χ2v) is 8.81. The molecule has 2 aliphatic rings. The van der Waals surface area contributed by atoms with Crippen molar-refractivity contribution in [1.82, 2.24) is 29.1 Å². The smallest absolute Gasteiger partial charge is 0.213 e. The van der Waals surface area contributed by atoms with Crippen molar-refractivity contribution in [3.05, 3.63) is 41.9 Å². The molecule has 0 bridgehead atoms. The van der Waals surface area contributed by atoms with E-state index in [2.05, 4.69) is 24.4 Å². The molecule has 1 aromatic carbocycles. The van der Waals surface area contributed by atoms with Gasteiger partial charge in [0.05, 0.1) is 15.9 Å². The number of anilines is 1. The van der Waals surface area contributed by atoms with E-state index in [1.54, 1.807) is 4.68 Å². The van der Waals surface area contributed by atoms with Gasteiger partial charge < -0.3 is 15.6 Å². The van der Waals surface area contributed by atoms with Crippen molar-refractivity contribution in [2.45, 2.75) is 6.04 Å². The first-order valence-corrected chi connectivity index (χ1v) is 10.4. The minimum absolute atomic E-state index is 0.352. The number of hydrogen-bond donors (Lipinski definition) is 2. The summed E-state index contributed by atoms with van der Waals surface area (Å²) in [5, 5.41) is 7.04. The zero-order valence-corrected chi connectivity index (χ0v) is 17.0. The van der Waals surface area contributed by atoms with E-state index in [0.29, 0.717) is 22.9 Å². The zero-order chi connectivity index (χ0) is 20.1. The van der Waals surface area contributed by atoms with Gasteiger partial charge >= 0.3 is 0 Å². The summed E-state index contributed by atoms with van der Waals surface area (Å²) in [4.78, 5) is 15.3. The molecule has 2 atom stereocenters. The van der Waals surface area contributed by atoms with Crippen LogP contribution in [0.1, 0.15) is 0 Å². The van der Waals surface area contributed by atoms with Gasteiger partial charge in [-0.2, -0.15) is 10.1 Å². The van der Waals surface area contributed by atoms with Crippen LogP contribution in [-0.4, -0.2) is 48.3 Å². The predicted molar refractivity (Wildman–Crippen MR) is 117 cm³/mol. The summed E-state index contributed by atoms with van der Waals surface area (Å²) in [6.07, 6.45) is 7.71. The SMILES string of the molecule is Cn1cc2c(Cl)c(-c3c[nH]c4nc(N5CC6C(N)C6C5)n5ccnc5c34)ccc2n1. The zero-order valence-electron chi connectivity index (χ0n) is 16.2. The van der Waals surface area contributed by atoms with E-state index in [4.69, 9.17) is 22.3 Å². The molecule has 1 saturated carbocycles. The van der Waals surface area contributed by atoms with E-state index in [0.717, 1.165) is 57.7 Å². The Balaban J connectivity index is 1.44. The fraction of sp³-hybridized carbons (Fsp3) is 0.286. The number of nitrogens with zero attached hydrogens (tertiary/aromatic N) is 6. The van der Waals surface area contributed by atoms with Crippen LogP contribution < -0.4 is 10.6 Å². The van der Waals surface area contributed by atoms with E-state index in [1.165, 1.54) is 0 Å². The molecule has 150 valence electrons. The molecule has 1 aliphatic carbocycles. The molecule has 0 radical (unpaired) electrons. The quantitative estimate of drug-likeness (QED) is 0.460. The third kappa shape index (κ3) is 2.07. The monoisotopic (exact) mass is 418 g/mol. The van der Waals surface area contributed by atoms with Gasteiger partial charge in [0.1, 0.15) is 5.65 Å². The molecular formula is C21H19ClN8. The number of imidazole rings is 1. The van der Waals surface area contributed by atoms with Crippen LogP contribution in [0.4, 0.5) is 5.95 Å². The molecule has 8 nitrogen and oxygen atoms in total. The van der Waals surface area contributed by atoms with Crippen molar-refractivity contribution in [3.63, 3.8) is 0 Å². The Bertz CT molecular complexity index is 1470. The van der Waals surface area contributed by atoms with E-state index >= 15 is 0 Å². The van der Waals surface area contributed by atoms with Gasteiger partial charge in [0.25, 0.3) is 0 Å². The molecule has 1 aliphatic heterocycles. The van der Waals surface area contributed by atoms with Crippen molar-refractivity contribution in [2.24, 2.45) is 24.6 Å². The molecule has 0 spiro atoms. The third-order valence-corrected chi connectivity index (χ3v) is 7.13. The van der Waals surface area contributed by atoms with Gasteiger partial charge in [0.15, 0.2) is 5.65 Å². The maximum atomic E-state index is 6.81. The lowest BCUT2D eigenvalue weighted by molar-refractivity contribution is 0.722. The molecule has 4 aromatic heterocycles. The van der Waals surface area contributed by atoms with Crippen molar-refractivity contribution in [1.29, 1.82) is 0 Å². The highest BCUT2D eigenvalue weighted by molar-refractivity contribution is 6.38. The number of H-pyrrole nitrogens is 1. The van der Waals surface area contributed by atoms with Crippen LogP contribution in [-0.2, 0) is 7.05 Å². The average Bonchev–Trinajstić information content (AvgIpc) is 3.32. The second-order valence-electron chi connectivity index (χ2n) is 8.43. The molecule has 2 fully saturated rings. The fourth-order valence-corrected chi connectivity index (χ4v) is 5.40.